The van der Waals surface area contributed by atoms with Gasteiger partial charge < -0.3 is 10.5 Å². The number of thiazole rings is 1. The van der Waals surface area contributed by atoms with Gasteiger partial charge >= 0.3 is 0 Å². The number of rotatable bonds is 3. The van der Waals surface area contributed by atoms with Gasteiger partial charge in [-0.2, -0.15) is 0 Å². The summed E-state index contributed by atoms with van der Waals surface area (Å²) >= 11 is 1.59. The highest BCUT2D eigenvalue weighted by molar-refractivity contribution is 7.09. The molecule has 1 aromatic heterocycles. The van der Waals surface area contributed by atoms with Crippen LogP contribution in [-0.4, -0.2) is 12.1 Å². The summed E-state index contributed by atoms with van der Waals surface area (Å²) in [6.07, 6.45) is 0. The average Bonchev–Trinajstić information content (AvgIpc) is 2.78. The third-order valence-electron chi connectivity index (χ3n) is 2.11. The molecule has 0 unspecified atom stereocenters. The van der Waals surface area contributed by atoms with Gasteiger partial charge in [0.05, 0.1) is 12.8 Å². The lowest BCUT2D eigenvalue weighted by molar-refractivity contribution is 0.415. The fraction of sp³-hybridized carbons (Fsp3) is 0.182. The molecule has 0 aliphatic carbocycles. The fourth-order valence-electron chi connectivity index (χ4n) is 1.30. The highest BCUT2D eigenvalue weighted by atomic mass is 32.1. The Labute approximate surface area is 92.5 Å². The molecule has 0 saturated heterocycles. The summed E-state index contributed by atoms with van der Waals surface area (Å²) < 4.78 is 5.09. The Hall–Kier alpha value is -1.39. The zero-order valence-electron chi connectivity index (χ0n) is 8.43. The van der Waals surface area contributed by atoms with Gasteiger partial charge in [-0.25, -0.2) is 4.98 Å². The first-order chi connectivity index (χ1) is 7.33. The third kappa shape index (κ3) is 2.16. The number of aromatic nitrogens is 1. The summed E-state index contributed by atoms with van der Waals surface area (Å²) in [5, 5.41) is 2.98. The van der Waals surface area contributed by atoms with E-state index >= 15 is 0 Å². The van der Waals surface area contributed by atoms with E-state index in [2.05, 4.69) is 4.98 Å². The predicted octanol–water partition coefficient (Wildman–Crippen LogP) is 2.28. The van der Waals surface area contributed by atoms with E-state index in [4.69, 9.17) is 10.5 Å². The van der Waals surface area contributed by atoms with Crippen molar-refractivity contribution in [1.82, 2.24) is 4.98 Å². The summed E-state index contributed by atoms with van der Waals surface area (Å²) in [5.41, 5.74) is 7.58. The monoisotopic (exact) mass is 220 g/mol. The van der Waals surface area contributed by atoms with Crippen molar-refractivity contribution in [3.8, 4) is 17.0 Å². The number of hydrogen-bond donors (Lipinski definition) is 1. The number of hydrogen-bond acceptors (Lipinski definition) is 4. The molecule has 4 heteroatoms. The van der Waals surface area contributed by atoms with Crippen LogP contribution in [0.25, 0.3) is 11.3 Å². The zero-order chi connectivity index (χ0) is 10.7. The summed E-state index contributed by atoms with van der Waals surface area (Å²) in [7, 11) is 1.66. The highest BCUT2D eigenvalue weighted by Crippen LogP contribution is 2.23. The largest absolute Gasteiger partial charge is 0.497 e. The second-order valence-electron chi connectivity index (χ2n) is 3.06. The minimum Gasteiger partial charge on any atom is -0.497 e. The molecule has 1 aromatic carbocycles. The first-order valence-electron chi connectivity index (χ1n) is 4.62. The van der Waals surface area contributed by atoms with Crippen LogP contribution in [0.15, 0.2) is 29.6 Å². The minimum atomic E-state index is 0.501. The van der Waals surface area contributed by atoms with Crippen LogP contribution in [0, 0.1) is 0 Å². The van der Waals surface area contributed by atoms with Crippen molar-refractivity contribution in [2.24, 2.45) is 5.73 Å². The van der Waals surface area contributed by atoms with Crippen molar-refractivity contribution in [2.75, 3.05) is 7.11 Å². The number of methoxy groups -OCH3 is 1. The Balaban J connectivity index is 2.28. The highest BCUT2D eigenvalue weighted by Gasteiger charge is 2.03. The maximum atomic E-state index is 5.51. The molecule has 2 rings (SSSR count). The normalized spacial score (nSPS) is 10.3. The Morgan fingerprint density at radius 2 is 2.07 bits per heavy atom. The van der Waals surface area contributed by atoms with E-state index in [0.29, 0.717) is 6.54 Å². The molecule has 0 aliphatic heterocycles. The molecule has 1 heterocycles. The first kappa shape index (κ1) is 10.1. The molecule has 0 atom stereocenters. The number of ether oxygens (including phenoxy) is 1. The molecule has 0 bridgehead atoms. The van der Waals surface area contributed by atoms with E-state index in [1.807, 2.05) is 29.6 Å². The lowest BCUT2D eigenvalue weighted by Crippen LogP contribution is -1.94. The van der Waals surface area contributed by atoms with Gasteiger partial charge in [-0.3, -0.25) is 0 Å². The molecule has 2 N–H and O–H groups in total. The van der Waals surface area contributed by atoms with Crippen LogP contribution in [0.3, 0.4) is 0 Å². The van der Waals surface area contributed by atoms with Gasteiger partial charge in [0.2, 0.25) is 0 Å². The van der Waals surface area contributed by atoms with Crippen LogP contribution >= 0.6 is 11.3 Å². The van der Waals surface area contributed by atoms with Crippen LogP contribution < -0.4 is 10.5 Å². The van der Waals surface area contributed by atoms with Crippen LogP contribution in [0.4, 0.5) is 0 Å². The van der Waals surface area contributed by atoms with E-state index in [1.54, 1.807) is 18.4 Å². The van der Waals surface area contributed by atoms with Gasteiger partial charge in [-0.1, -0.05) is 0 Å². The Bertz CT molecular complexity index is 436. The van der Waals surface area contributed by atoms with E-state index in [-0.39, 0.29) is 0 Å². The summed E-state index contributed by atoms with van der Waals surface area (Å²) in [6, 6.07) is 7.84. The SMILES string of the molecule is COc1ccc(-c2csc(CN)n2)cc1. The van der Waals surface area contributed by atoms with Crippen molar-refractivity contribution in [1.29, 1.82) is 0 Å². The maximum Gasteiger partial charge on any atom is 0.118 e. The van der Waals surface area contributed by atoms with Gasteiger partial charge in [-0.05, 0) is 24.3 Å². The maximum absolute atomic E-state index is 5.51. The first-order valence-corrected chi connectivity index (χ1v) is 5.50. The summed E-state index contributed by atoms with van der Waals surface area (Å²) in [5.74, 6) is 0.855. The van der Waals surface area contributed by atoms with Gasteiger partial charge in [0, 0.05) is 17.5 Å². The van der Waals surface area contributed by atoms with Gasteiger partial charge in [0.1, 0.15) is 10.8 Å². The van der Waals surface area contributed by atoms with Crippen molar-refractivity contribution >= 4 is 11.3 Å². The molecule has 15 heavy (non-hydrogen) atoms. The second kappa shape index (κ2) is 4.42. The lowest BCUT2D eigenvalue weighted by Gasteiger charge is -2.00. The molecule has 0 radical (unpaired) electrons. The Kier molecular flexibility index (Phi) is 2.99. The molecule has 0 spiro atoms. The quantitative estimate of drug-likeness (QED) is 0.863. The van der Waals surface area contributed by atoms with Gasteiger partial charge in [-0.15, -0.1) is 11.3 Å². The van der Waals surface area contributed by atoms with Crippen LogP contribution in [0.5, 0.6) is 5.75 Å². The Morgan fingerprint density at radius 1 is 1.33 bits per heavy atom. The molecule has 0 fully saturated rings. The fourth-order valence-corrected chi connectivity index (χ4v) is 1.98. The summed E-state index contributed by atoms with van der Waals surface area (Å²) in [4.78, 5) is 4.41. The minimum absolute atomic E-state index is 0.501. The van der Waals surface area contributed by atoms with Crippen molar-refractivity contribution < 1.29 is 4.74 Å². The number of benzene rings is 1. The van der Waals surface area contributed by atoms with Gasteiger partial charge in [0.25, 0.3) is 0 Å². The van der Waals surface area contributed by atoms with Crippen LogP contribution in [0.2, 0.25) is 0 Å². The number of nitrogens with zero attached hydrogens (tertiary/aromatic N) is 1. The standard InChI is InChI=1S/C11H12N2OS/c1-14-9-4-2-8(3-5-9)10-7-15-11(6-12)13-10/h2-5,7H,6,12H2,1H3. The Morgan fingerprint density at radius 3 is 2.60 bits per heavy atom. The van der Waals surface area contributed by atoms with Gasteiger partial charge in [0.15, 0.2) is 0 Å². The third-order valence-corrected chi connectivity index (χ3v) is 2.98. The molecule has 0 amide bonds. The molecular weight excluding hydrogens is 208 g/mol. The molecule has 0 aliphatic rings. The van der Waals surface area contributed by atoms with Crippen LogP contribution in [0.1, 0.15) is 5.01 Å². The molecule has 78 valence electrons. The molecule has 3 nitrogen and oxygen atoms in total. The smallest absolute Gasteiger partial charge is 0.118 e. The van der Waals surface area contributed by atoms with E-state index in [1.165, 1.54) is 0 Å². The van der Waals surface area contributed by atoms with Crippen molar-refractivity contribution in [2.45, 2.75) is 6.54 Å². The number of nitrogens with two attached hydrogens (primary N) is 1. The molecule has 2 aromatic rings. The van der Waals surface area contributed by atoms with E-state index in [0.717, 1.165) is 22.0 Å². The molecule has 0 saturated carbocycles. The topological polar surface area (TPSA) is 48.1 Å². The van der Waals surface area contributed by atoms with E-state index < -0.39 is 0 Å². The van der Waals surface area contributed by atoms with Crippen molar-refractivity contribution in [3.63, 3.8) is 0 Å². The lowest BCUT2D eigenvalue weighted by atomic mass is 10.2. The predicted molar refractivity (Wildman–Crippen MR) is 62.0 cm³/mol. The van der Waals surface area contributed by atoms with Crippen LogP contribution in [-0.2, 0) is 6.54 Å². The summed E-state index contributed by atoms with van der Waals surface area (Å²) in [6.45, 7) is 0.501. The average molecular weight is 220 g/mol. The van der Waals surface area contributed by atoms with E-state index in [9.17, 15) is 0 Å². The zero-order valence-corrected chi connectivity index (χ0v) is 9.25. The molecular formula is C11H12N2OS. The second-order valence-corrected chi connectivity index (χ2v) is 4.00. The van der Waals surface area contributed by atoms with Crippen molar-refractivity contribution in [3.05, 3.63) is 34.7 Å².